The lowest BCUT2D eigenvalue weighted by molar-refractivity contribution is -0.386. The van der Waals surface area contributed by atoms with Crippen molar-refractivity contribution in [3.8, 4) is 5.75 Å². The van der Waals surface area contributed by atoms with E-state index in [4.69, 9.17) is 4.74 Å². The zero-order valence-corrected chi connectivity index (χ0v) is 19.7. The van der Waals surface area contributed by atoms with Crippen molar-refractivity contribution in [2.45, 2.75) is 17.9 Å². The first kappa shape index (κ1) is 24.6. The molecular weight excluding hydrogens is 448 g/mol. The lowest BCUT2D eigenvalue weighted by Crippen LogP contribution is -2.51. The number of hydrogen-bond donors (Lipinski definition) is 0. The number of amides is 1. The molecule has 1 aliphatic heterocycles. The summed E-state index contributed by atoms with van der Waals surface area (Å²) in [6.45, 7) is 3.30. The Labute approximate surface area is 193 Å². The van der Waals surface area contributed by atoms with Gasteiger partial charge in [0.25, 0.3) is 0 Å². The quantitative estimate of drug-likeness (QED) is 0.424. The van der Waals surface area contributed by atoms with Gasteiger partial charge < -0.3 is 9.64 Å². The second-order valence-electron chi connectivity index (χ2n) is 7.86. The Morgan fingerprint density at radius 1 is 1.15 bits per heavy atom. The molecule has 0 aromatic heterocycles. The molecule has 3 rings (SSSR count). The molecule has 2 aromatic rings. The summed E-state index contributed by atoms with van der Waals surface area (Å²) in [6, 6.07) is 13.3. The van der Waals surface area contributed by atoms with E-state index in [2.05, 4.69) is 0 Å². The highest BCUT2D eigenvalue weighted by atomic mass is 32.2. The van der Waals surface area contributed by atoms with Crippen molar-refractivity contribution in [1.82, 2.24) is 14.1 Å². The molecule has 1 atom stereocenters. The number of nitrogens with zero attached hydrogens (tertiary/aromatic N) is 4. The number of methoxy groups -OCH3 is 1. The minimum atomic E-state index is -3.91. The van der Waals surface area contributed by atoms with Crippen molar-refractivity contribution < 1.29 is 22.9 Å². The fraction of sp³-hybridized carbons (Fsp3) is 0.409. The van der Waals surface area contributed by atoms with Crippen molar-refractivity contribution in [3.63, 3.8) is 0 Å². The van der Waals surface area contributed by atoms with E-state index in [1.807, 2.05) is 42.2 Å². The van der Waals surface area contributed by atoms with E-state index in [1.165, 1.54) is 23.5 Å². The van der Waals surface area contributed by atoms with Crippen LogP contribution in [0.1, 0.15) is 18.5 Å². The molecule has 33 heavy (non-hydrogen) atoms. The Morgan fingerprint density at radius 2 is 1.79 bits per heavy atom. The Kier molecular flexibility index (Phi) is 7.67. The minimum absolute atomic E-state index is 0.00358. The summed E-state index contributed by atoms with van der Waals surface area (Å²) in [5.41, 5.74) is 0.635. The average Bonchev–Trinajstić information content (AvgIpc) is 2.83. The summed E-state index contributed by atoms with van der Waals surface area (Å²) < 4.78 is 32.3. The van der Waals surface area contributed by atoms with Crippen molar-refractivity contribution in [3.05, 3.63) is 64.2 Å². The molecule has 11 heteroatoms. The van der Waals surface area contributed by atoms with Crippen LogP contribution in [0.15, 0.2) is 53.4 Å². The van der Waals surface area contributed by atoms with E-state index in [0.29, 0.717) is 13.1 Å². The van der Waals surface area contributed by atoms with E-state index in [1.54, 1.807) is 11.9 Å². The third kappa shape index (κ3) is 5.49. The number of benzene rings is 2. The number of nitro groups is 1. The zero-order valence-electron chi connectivity index (χ0n) is 18.9. The zero-order chi connectivity index (χ0) is 24.2. The number of piperazine rings is 1. The number of hydrogen-bond acceptors (Lipinski definition) is 7. The summed E-state index contributed by atoms with van der Waals surface area (Å²) >= 11 is 0. The van der Waals surface area contributed by atoms with Crippen LogP contribution in [0.3, 0.4) is 0 Å². The first-order valence-electron chi connectivity index (χ1n) is 10.5. The highest BCUT2D eigenvalue weighted by Crippen LogP contribution is 2.30. The van der Waals surface area contributed by atoms with Crippen LogP contribution in [0.4, 0.5) is 5.69 Å². The number of nitro benzene ring substituents is 1. The normalized spacial score (nSPS) is 16.2. The lowest BCUT2D eigenvalue weighted by atomic mass is 10.1. The fourth-order valence-electron chi connectivity index (χ4n) is 3.72. The highest BCUT2D eigenvalue weighted by Gasteiger charge is 2.31. The van der Waals surface area contributed by atoms with Crippen LogP contribution in [0.5, 0.6) is 5.75 Å². The third-order valence-corrected chi connectivity index (χ3v) is 7.83. The molecule has 0 N–H and O–H groups in total. The van der Waals surface area contributed by atoms with Crippen molar-refractivity contribution in [1.29, 1.82) is 0 Å². The Hall–Kier alpha value is -3.02. The van der Waals surface area contributed by atoms with Gasteiger partial charge in [-0.15, -0.1) is 0 Å². The van der Waals surface area contributed by atoms with Crippen molar-refractivity contribution >= 4 is 21.6 Å². The molecule has 1 fully saturated rings. The predicted octanol–water partition coefficient (Wildman–Crippen LogP) is 2.13. The molecule has 178 valence electrons. The first-order valence-corrected chi connectivity index (χ1v) is 11.9. The van der Waals surface area contributed by atoms with Gasteiger partial charge >= 0.3 is 5.69 Å². The molecule has 0 radical (unpaired) electrons. The van der Waals surface area contributed by atoms with Crippen LogP contribution in [-0.2, 0) is 14.8 Å². The standard InChI is InChI=1S/C22H28N4O6S/c1-17(18-7-5-4-6-8-18)23(2)22(27)16-24-11-13-25(14-12-24)33(30,31)19-9-10-21(32-3)20(15-19)26(28)29/h4-10,15,17H,11-14,16H2,1-3H3. The monoisotopic (exact) mass is 476 g/mol. The number of rotatable bonds is 8. The smallest absolute Gasteiger partial charge is 0.312 e. The topological polar surface area (TPSA) is 113 Å². The molecule has 2 aromatic carbocycles. The Bertz CT molecular complexity index is 1100. The highest BCUT2D eigenvalue weighted by molar-refractivity contribution is 7.89. The lowest BCUT2D eigenvalue weighted by Gasteiger charge is -2.35. The molecule has 1 aliphatic rings. The molecule has 10 nitrogen and oxygen atoms in total. The number of carbonyl (C=O) groups is 1. The van der Waals surface area contributed by atoms with Gasteiger partial charge in [0.15, 0.2) is 5.75 Å². The maximum Gasteiger partial charge on any atom is 0.312 e. The van der Waals surface area contributed by atoms with Gasteiger partial charge in [0, 0.05) is 39.3 Å². The maximum absolute atomic E-state index is 13.0. The summed E-state index contributed by atoms with van der Waals surface area (Å²) in [6.07, 6.45) is 0. The van der Waals surface area contributed by atoms with E-state index < -0.39 is 20.6 Å². The van der Waals surface area contributed by atoms with Gasteiger partial charge in [-0.3, -0.25) is 19.8 Å². The summed E-state index contributed by atoms with van der Waals surface area (Å²) in [5, 5.41) is 11.2. The van der Waals surface area contributed by atoms with E-state index >= 15 is 0 Å². The van der Waals surface area contributed by atoms with Gasteiger partial charge in [-0.1, -0.05) is 30.3 Å². The van der Waals surface area contributed by atoms with Gasteiger partial charge in [0.2, 0.25) is 15.9 Å². The molecule has 0 aliphatic carbocycles. The molecule has 1 saturated heterocycles. The van der Waals surface area contributed by atoms with Crippen molar-refractivity contribution in [2.24, 2.45) is 0 Å². The molecule has 0 saturated carbocycles. The number of ether oxygens (including phenoxy) is 1. The average molecular weight is 477 g/mol. The Balaban J connectivity index is 1.62. The largest absolute Gasteiger partial charge is 0.490 e. The van der Waals surface area contributed by atoms with Crippen LogP contribution >= 0.6 is 0 Å². The summed E-state index contributed by atoms with van der Waals surface area (Å²) in [4.78, 5) is 26.8. The van der Waals surface area contributed by atoms with Gasteiger partial charge in [0.05, 0.1) is 29.5 Å². The second-order valence-corrected chi connectivity index (χ2v) is 9.80. The van der Waals surface area contributed by atoms with Gasteiger partial charge in [-0.25, -0.2) is 8.42 Å². The first-order chi connectivity index (χ1) is 15.6. The molecule has 1 amide bonds. The van der Waals surface area contributed by atoms with Crippen molar-refractivity contribution in [2.75, 3.05) is 46.9 Å². The molecule has 1 heterocycles. The molecule has 0 spiro atoms. The molecule has 0 bridgehead atoms. The van der Waals surface area contributed by atoms with Gasteiger partial charge in [-0.05, 0) is 24.6 Å². The van der Waals surface area contributed by atoms with Crippen LogP contribution in [-0.4, -0.2) is 80.2 Å². The van der Waals surface area contributed by atoms with Crippen LogP contribution in [0, 0.1) is 10.1 Å². The summed E-state index contributed by atoms with van der Waals surface area (Å²) in [7, 11) is -0.861. The SMILES string of the molecule is COc1ccc(S(=O)(=O)N2CCN(CC(=O)N(C)C(C)c3ccccc3)CC2)cc1[N+](=O)[O-]. The predicted molar refractivity (Wildman–Crippen MR) is 122 cm³/mol. The molecular formula is C22H28N4O6S. The van der Waals surface area contributed by atoms with Gasteiger partial charge in [-0.2, -0.15) is 4.31 Å². The second kappa shape index (κ2) is 10.3. The molecule has 1 unspecified atom stereocenters. The number of carbonyl (C=O) groups excluding carboxylic acids is 1. The maximum atomic E-state index is 13.0. The van der Waals surface area contributed by atoms with E-state index in [-0.39, 0.29) is 42.2 Å². The van der Waals surface area contributed by atoms with Crippen LogP contribution in [0.2, 0.25) is 0 Å². The van der Waals surface area contributed by atoms with E-state index in [0.717, 1.165) is 11.6 Å². The van der Waals surface area contributed by atoms with Crippen LogP contribution < -0.4 is 4.74 Å². The van der Waals surface area contributed by atoms with Crippen LogP contribution in [0.25, 0.3) is 0 Å². The van der Waals surface area contributed by atoms with Gasteiger partial charge in [0.1, 0.15) is 0 Å². The fourth-order valence-corrected chi connectivity index (χ4v) is 5.17. The van der Waals surface area contributed by atoms with E-state index in [9.17, 15) is 23.3 Å². The number of likely N-dealkylation sites (N-methyl/N-ethyl adjacent to an activating group) is 1. The minimum Gasteiger partial charge on any atom is -0.490 e. The number of sulfonamides is 1. The Morgan fingerprint density at radius 3 is 2.36 bits per heavy atom. The summed E-state index contributed by atoms with van der Waals surface area (Å²) in [5.74, 6) is -0.0513. The third-order valence-electron chi connectivity index (χ3n) is 5.93.